The summed E-state index contributed by atoms with van der Waals surface area (Å²) in [7, 11) is 1.66. The van der Waals surface area contributed by atoms with Gasteiger partial charge in [-0.25, -0.2) is 0 Å². The zero-order valence-electron chi connectivity index (χ0n) is 12.5. The Balaban J connectivity index is 2.72. The van der Waals surface area contributed by atoms with E-state index in [1.807, 2.05) is 4.68 Å². The van der Waals surface area contributed by atoms with Crippen LogP contribution in [0.1, 0.15) is 43.8 Å². The molecule has 0 aliphatic rings. The van der Waals surface area contributed by atoms with E-state index in [9.17, 15) is 5.11 Å². The lowest BCUT2D eigenvalue weighted by molar-refractivity contribution is 0.0650. The fourth-order valence-electron chi connectivity index (χ4n) is 2.26. The average molecular weight is 270 g/mol. The van der Waals surface area contributed by atoms with Crippen molar-refractivity contribution in [3.63, 3.8) is 0 Å². The number of hydrogen-bond donors (Lipinski definition) is 1. The summed E-state index contributed by atoms with van der Waals surface area (Å²) in [6, 6.07) is 0. The number of hydrogen-bond acceptors (Lipinski definition) is 4. The van der Waals surface area contributed by atoms with E-state index < -0.39 is 6.10 Å². The fourth-order valence-corrected chi connectivity index (χ4v) is 2.26. The van der Waals surface area contributed by atoms with E-state index in [2.05, 4.69) is 18.9 Å². The lowest BCUT2D eigenvalue weighted by Gasteiger charge is -2.10. The lowest BCUT2D eigenvalue weighted by Crippen LogP contribution is -2.13. The Hall–Kier alpha value is -0.910. The van der Waals surface area contributed by atoms with Crippen molar-refractivity contribution < 1.29 is 14.6 Å². The van der Waals surface area contributed by atoms with E-state index in [1.165, 1.54) is 0 Å². The van der Waals surface area contributed by atoms with E-state index in [0.717, 1.165) is 29.8 Å². The van der Waals surface area contributed by atoms with Gasteiger partial charge < -0.3 is 14.6 Å². The van der Waals surface area contributed by atoms with Crippen molar-refractivity contribution in [2.45, 2.75) is 46.3 Å². The standard InChI is InChI=1S/C14H26N2O3/c1-5-12-14(11(3)17)13(6-2)16(15-12)7-8-19-10-9-18-4/h11,17H,5-10H2,1-4H3. The molecule has 0 amide bonds. The molecule has 0 aliphatic heterocycles. The number of aliphatic hydroxyl groups is 1. The second-order valence-electron chi connectivity index (χ2n) is 4.52. The molecule has 0 bridgehead atoms. The van der Waals surface area contributed by atoms with Gasteiger partial charge in [0.15, 0.2) is 0 Å². The maximum atomic E-state index is 9.90. The van der Waals surface area contributed by atoms with E-state index in [1.54, 1.807) is 14.0 Å². The zero-order valence-corrected chi connectivity index (χ0v) is 12.5. The van der Waals surface area contributed by atoms with Crippen LogP contribution in [-0.4, -0.2) is 41.8 Å². The average Bonchev–Trinajstić information content (AvgIpc) is 2.76. The van der Waals surface area contributed by atoms with E-state index in [4.69, 9.17) is 9.47 Å². The Morgan fingerprint density at radius 1 is 1.21 bits per heavy atom. The Labute approximate surface area is 115 Å². The third-order valence-corrected chi connectivity index (χ3v) is 3.14. The number of aliphatic hydroxyl groups excluding tert-OH is 1. The van der Waals surface area contributed by atoms with Crippen LogP contribution in [0.4, 0.5) is 0 Å². The van der Waals surface area contributed by atoms with Crippen LogP contribution < -0.4 is 0 Å². The quantitative estimate of drug-likeness (QED) is 0.694. The minimum Gasteiger partial charge on any atom is -0.389 e. The molecule has 5 nitrogen and oxygen atoms in total. The summed E-state index contributed by atoms with van der Waals surface area (Å²) in [6.45, 7) is 8.49. The summed E-state index contributed by atoms with van der Waals surface area (Å²) in [5.41, 5.74) is 3.09. The van der Waals surface area contributed by atoms with Crippen molar-refractivity contribution in [3.05, 3.63) is 17.0 Å². The monoisotopic (exact) mass is 270 g/mol. The number of rotatable bonds is 9. The first-order valence-electron chi connectivity index (χ1n) is 6.98. The highest BCUT2D eigenvalue weighted by Gasteiger charge is 2.18. The highest BCUT2D eigenvalue weighted by molar-refractivity contribution is 5.28. The van der Waals surface area contributed by atoms with Crippen LogP contribution >= 0.6 is 0 Å². The largest absolute Gasteiger partial charge is 0.389 e. The van der Waals surface area contributed by atoms with Crippen LogP contribution in [0.25, 0.3) is 0 Å². The normalized spacial score (nSPS) is 12.9. The highest BCUT2D eigenvalue weighted by Crippen LogP contribution is 2.23. The number of aryl methyl sites for hydroxylation is 1. The SMILES string of the molecule is CCc1nn(CCOCCOC)c(CC)c1C(C)O. The summed E-state index contributed by atoms with van der Waals surface area (Å²) in [5.74, 6) is 0. The second kappa shape index (κ2) is 8.30. The van der Waals surface area contributed by atoms with Gasteiger partial charge in [0.2, 0.25) is 0 Å². The molecule has 0 spiro atoms. The predicted molar refractivity (Wildman–Crippen MR) is 74.3 cm³/mol. The van der Waals surface area contributed by atoms with Crippen LogP contribution in [0.2, 0.25) is 0 Å². The van der Waals surface area contributed by atoms with Crippen molar-refractivity contribution in [2.75, 3.05) is 26.9 Å². The molecule has 110 valence electrons. The van der Waals surface area contributed by atoms with Gasteiger partial charge in [-0.3, -0.25) is 4.68 Å². The molecule has 0 radical (unpaired) electrons. The molecule has 1 rings (SSSR count). The van der Waals surface area contributed by atoms with Gasteiger partial charge in [-0.05, 0) is 19.8 Å². The molecule has 1 N–H and O–H groups in total. The van der Waals surface area contributed by atoms with Crippen LogP contribution in [0, 0.1) is 0 Å². The summed E-state index contributed by atoms with van der Waals surface area (Å²) < 4.78 is 12.4. The van der Waals surface area contributed by atoms with E-state index in [0.29, 0.717) is 26.4 Å². The van der Waals surface area contributed by atoms with Crippen LogP contribution in [0.3, 0.4) is 0 Å². The molecule has 0 fully saturated rings. The number of nitrogens with zero attached hydrogens (tertiary/aromatic N) is 2. The topological polar surface area (TPSA) is 56.5 Å². The molecule has 1 unspecified atom stereocenters. The Morgan fingerprint density at radius 2 is 1.95 bits per heavy atom. The Kier molecular flexibility index (Phi) is 7.05. The summed E-state index contributed by atoms with van der Waals surface area (Å²) in [6.07, 6.45) is 1.24. The van der Waals surface area contributed by atoms with Gasteiger partial charge in [0.25, 0.3) is 0 Å². The van der Waals surface area contributed by atoms with Gasteiger partial charge in [0.05, 0.1) is 38.2 Å². The van der Waals surface area contributed by atoms with Gasteiger partial charge in [0, 0.05) is 18.4 Å². The summed E-state index contributed by atoms with van der Waals surface area (Å²) >= 11 is 0. The minimum atomic E-state index is -0.465. The molecule has 1 atom stereocenters. The zero-order chi connectivity index (χ0) is 14.3. The van der Waals surface area contributed by atoms with Crippen molar-refractivity contribution in [1.82, 2.24) is 9.78 Å². The Morgan fingerprint density at radius 3 is 2.47 bits per heavy atom. The third kappa shape index (κ3) is 4.30. The number of aromatic nitrogens is 2. The molecule has 1 heterocycles. The van der Waals surface area contributed by atoms with Crippen LogP contribution in [0.15, 0.2) is 0 Å². The molecule has 0 aliphatic carbocycles. The first-order valence-corrected chi connectivity index (χ1v) is 6.98. The molecule has 1 aromatic rings. The van der Waals surface area contributed by atoms with Crippen molar-refractivity contribution >= 4 is 0 Å². The van der Waals surface area contributed by atoms with Gasteiger partial charge in [0.1, 0.15) is 0 Å². The lowest BCUT2D eigenvalue weighted by atomic mass is 10.0. The predicted octanol–water partition coefficient (Wildman–Crippen LogP) is 1.72. The smallest absolute Gasteiger partial charge is 0.0798 e. The molecular formula is C14H26N2O3. The van der Waals surface area contributed by atoms with Crippen molar-refractivity contribution in [1.29, 1.82) is 0 Å². The molecule has 0 saturated carbocycles. The van der Waals surface area contributed by atoms with Gasteiger partial charge in [-0.15, -0.1) is 0 Å². The maximum Gasteiger partial charge on any atom is 0.0798 e. The van der Waals surface area contributed by atoms with E-state index in [-0.39, 0.29) is 0 Å². The number of methoxy groups -OCH3 is 1. The number of ether oxygens (including phenoxy) is 2. The minimum absolute atomic E-state index is 0.465. The first-order chi connectivity index (χ1) is 9.15. The van der Waals surface area contributed by atoms with Gasteiger partial charge >= 0.3 is 0 Å². The van der Waals surface area contributed by atoms with Gasteiger partial charge in [-0.1, -0.05) is 13.8 Å². The summed E-state index contributed by atoms with van der Waals surface area (Å²) in [5, 5.41) is 14.5. The van der Waals surface area contributed by atoms with Gasteiger partial charge in [-0.2, -0.15) is 5.10 Å². The Bertz CT molecular complexity index is 375. The molecular weight excluding hydrogens is 244 g/mol. The third-order valence-electron chi connectivity index (χ3n) is 3.14. The van der Waals surface area contributed by atoms with E-state index >= 15 is 0 Å². The summed E-state index contributed by atoms with van der Waals surface area (Å²) in [4.78, 5) is 0. The first kappa shape index (κ1) is 16.1. The van der Waals surface area contributed by atoms with Crippen molar-refractivity contribution in [3.8, 4) is 0 Å². The van der Waals surface area contributed by atoms with Crippen LogP contribution in [-0.2, 0) is 28.9 Å². The second-order valence-corrected chi connectivity index (χ2v) is 4.52. The molecule has 0 aromatic carbocycles. The fraction of sp³-hybridized carbons (Fsp3) is 0.786. The molecule has 1 aromatic heterocycles. The maximum absolute atomic E-state index is 9.90. The highest BCUT2D eigenvalue weighted by atomic mass is 16.5. The molecule has 19 heavy (non-hydrogen) atoms. The van der Waals surface area contributed by atoms with Crippen molar-refractivity contribution in [2.24, 2.45) is 0 Å². The molecule has 0 saturated heterocycles. The molecule has 5 heteroatoms. The van der Waals surface area contributed by atoms with Crippen LogP contribution in [0.5, 0.6) is 0 Å².